The minimum absolute atomic E-state index is 0.104. The van der Waals surface area contributed by atoms with Crippen molar-refractivity contribution in [3.05, 3.63) is 23.3 Å². The van der Waals surface area contributed by atoms with Crippen LogP contribution in [0.3, 0.4) is 0 Å². The van der Waals surface area contributed by atoms with Crippen molar-refractivity contribution < 1.29 is 28.7 Å². The Morgan fingerprint density at radius 2 is 2.12 bits per heavy atom. The van der Waals surface area contributed by atoms with Gasteiger partial charge in [-0.3, -0.25) is 4.79 Å². The molecule has 130 valence electrons. The average molecular weight is 334 g/mol. The molecule has 0 bridgehead atoms. The molecular weight excluding hydrogens is 311 g/mol. The summed E-state index contributed by atoms with van der Waals surface area (Å²) in [7, 11) is 0.314. The fourth-order valence-electron chi connectivity index (χ4n) is 2.92. The predicted molar refractivity (Wildman–Crippen MR) is 89.5 cm³/mol. The Bertz CT molecular complexity index is 615. The number of fused-ring (bicyclic) bond motifs is 1. The third-order valence-electron chi connectivity index (χ3n) is 4.04. The second-order valence-electron chi connectivity index (χ2n) is 5.82. The van der Waals surface area contributed by atoms with E-state index >= 15 is 0 Å². The van der Waals surface area contributed by atoms with Crippen LogP contribution in [0.15, 0.2) is 12.1 Å². The number of esters is 1. The number of benzene rings is 1. The molecule has 0 amide bonds. The summed E-state index contributed by atoms with van der Waals surface area (Å²) in [6.45, 7) is 3.88. The highest BCUT2D eigenvalue weighted by Gasteiger charge is 2.38. The minimum atomic E-state index is -1.14. The molecule has 1 N–H and O–H groups in total. The van der Waals surface area contributed by atoms with Crippen molar-refractivity contribution in [3.63, 3.8) is 0 Å². The van der Waals surface area contributed by atoms with E-state index in [1.165, 1.54) is 7.11 Å². The quantitative estimate of drug-likeness (QED) is 0.609. The lowest BCUT2D eigenvalue weighted by molar-refractivity contribution is -0.119. The molecule has 2 rings (SSSR count). The molecule has 1 heterocycles. The Morgan fingerprint density at radius 3 is 2.75 bits per heavy atom. The van der Waals surface area contributed by atoms with Crippen LogP contribution in [0.1, 0.15) is 49.0 Å². The maximum atomic E-state index is 12.2. The van der Waals surface area contributed by atoms with Crippen molar-refractivity contribution in [1.82, 2.24) is 0 Å². The molecule has 1 aromatic rings. The lowest BCUT2D eigenvalue weighted by Gasteiger charge is -2.29. The van der Waals surface area contributed by atoms with Crippen molar-refractivity contribution in [2.75, 3.05) is 13.7 Å². The molecule has 0 aliphatic carbocycles. The SMILES string of the molecule is CCCC(=O)C[C@H]1Cc2ccc(OC)c(C(=O)OCC)c2OB1O. The Labute approximate surface area is 142 Å². The number of carbonyl (C=O) groups is 2. The van der Waals surface area contributed by atoms with E-state index in [0.717, 1.165) is 12.0 Å². The van der Waals surface area contributed by atoms with Gasteiger partial charge in [0.2, 0.25) is 0 Å². The molecular formula is C17H23BO6. The molecule has 1 atom stereocenters. The molecule has 0 unspecified atom stereocenters. The molecule has 0 aromatic heterocycles. The molecule has 0 saturated carbocycles. The Balaban J connectivity index is 2.31. The molecule has 7 heteroatoms. The molecule has 1 aromatic carbocycles. The molecule has 0 spiro atoms. The first kappa shape index (κ1) is 18.3. The van der Waals surface area contributed by atoms with Crippen molar-refractivity contribution >= 4 is 18.9 Å². The van der Waals surface area contributed by atoms with Crippen molar-refractivity contribution in [2.45, 2.75) is 45.3 Å². The van der Waals surface area contributed by atoms with E-state index in [4.69, 9.17) is 14.1 Å². The van der Waals surface area contributed by atoms with Gasteiger partial charge in [-0.05, 0) is 31.4 Å². The fourth-order valence-corrected chi connectivity index (χ4v) is 2.92. The summed E-state index contributed by atoms with van der Waals surface area (Å²) in [5.74, 6) is -0.161. The largest absolute Gasteiger partial charge is 0.535 e. The number of rotatable bonds is 7. The summed E-state index contributed by atoms with van der Waals surface area (Å²) < 4.78 is 15.9. The maximum Gasteiger partial charge on any atom is 0.526 e. The summed E-state index contributed by atoms with van der Waals surface area (Å²) >= 11 is 0. The van der Waals surface area contributed by atoms with Gasteiger partial charge < -0.3 is 19.2 Å². The van der Waals surface area contributed by atoms with E-state index in [1.54, 1.807) is 19.1 Å². The number of ketones is 1. The molecule has 1 aliphatic rings. The van der Waals surface area contributed by atoms with Gasteiger partial charge in [-0.1, -0.05) is 13.0 Å². The number of ether oxygens (including phenoxy) is 2. The zero-order valence-corrected chi connectivity index (χ0v) is 14.3. The second kappa shape index (κ2) is 8.19. The van der Waals surface area contributed by atoms with Gasteiger partial charge >= 0.3 is 13.1 Å². The number of carbonyl (C=O) groups excluding carboxylic acids is 2. The van der Waals surface area contributed by atoms with Crippen LogP contribution < -0.4 is 9.39 Å². The van der Waals surface area contributed by atoms with Crippen LogP contribution in [0, 0.1) is 0 Å². The average Bonchev–Trinajstić information content (AvgIpc) is 2.55. The third kappa shape index (κ3) is 3.90. The summed E-state index contributed by atoms with van der Waals surface area (Å²) in [6, 6.07) is 3.47. The summed E-state index contributed by atoms with van der Waals surface area (Å²) in [4.78, 5) is 24.1. The molecule has 0 radical (unpaired) electrons. The first-order valence-electron chi connectivity index (χ1n) is 8.25. The molecule has 1 aliphatic heterocycles. The number of methoxy groups -OCH3 is 1. The topological polar surface area (TPSA) is 82.1 Å². The lowest BCUT2D eigenvalue weighted by Crippen LogP contribution is -2.36. The van der Waals surface area contributed by atoms with E-state index < -0.39 is 13.1 Å². The van der Waals surface area contributed by atoms with E-state index in [9.17, 15) is 14.6 Å². The first-order chi connectivity index (χ1) is 11.5. The van der Waals surface area contributed by atoms with Crippen LogP contribution in [-0.4, -0.2) is 37.6 Å². The van der Waals surface area contributed by atoms with Crippen molar-refractivity contribution in [1.29, 1.82) is 0 Å². The highest BCUT2D eigenvalue weighted by Crippen LogP contribution is 2.40. The monoisotopic (exact) mass is 334 g/mol. The minimum Gasteiger partial charge on any atom is -0.535 e. The zero-order chi connectivity index (χ0) is 17.7. The van der Waals surface area contributed by atoms with Crippen molar-refractivity contribution in [3.8, 4) is 11.5 Å². The van der Waals surface area contributed by atoms with Crippen LogP contribution >= 0.6 is 0 Å². The number of hydrogen-bond donors (Lipinski definition) is 1. The van der Waals surface area contributed by atoms with Gasteiger partial charge in [0, 0.05) is 18.7 Å². The number of Topliss-reactive ketones (excluding diaryl/α,β-unsaturated/α-hetero) is 1. The maximum absolute atomic E-state index is 12.2. The van der Waals surface area contributed by atoms with Gasteiger partial charge in [-0.15, -0.1) is 0 Å². The Kier molecular flexibility index (Phi) is 6.26. The third-order valence-corrected chi connectivity index (χ3v) is 4.04. The van der Waals surface area contributed by atoms with E-state index in [1.807, 2.05) is 6.92 Å². The fraction of sp³-hybridized carbons (Fsp3) is 0.529. The van der Waals surface area contributed by atoms with E-state index in [-0.39, 0.29) is 35.9 Å². The van der Waals surface area contributed by atoms with Crippen LogP contribution in [-0.2, 0) is 16.0 Å². The van der Waals surface area contributed by atoms with Gasteiger partial charge in [-0.25, -0.2) is 4.79 Å². The smallest absolute Gasteiger partial charge is 0.526 e. The molecule has 0 fully saturated rings. The highest BCUT2D eigenvalue weighted by atomic mass is 16.5. The van der Waals surface area contributed by atoms with E-state index in [2.05, 4.69) is 0 Å². The van der Waals surface area contributed by atoms with Gasteiger partial charge in [0.15, 0.2) is 0 Å². The van der Waals surface area contributed by atoms with Crippen LogP contribution in [0.5, 0.6) is 11.5 Å². The normalized spacial score (nSPS) is 16.2. The Morgan fingerprint density at radius 1 is 1.38 bits per heavy atom. The standard InChI is InChI=1S/C17H23BO6/c1-4-6-13(19)10-12-9-11-7-8-14(22-3)15(17(20)23-5-2)16(11)24-18(12)21/h7-8,12,21H,4-6,9-10H2,1-3H3/t12-/m1/s1. The van der Waals surface area contributed by atoms with Gasteiger partial charge in [0.1, 0.15) is 22.8 Å². The molecule has 0 saturated heterocycles. The van der Waals surface area contributed by atoms with Crippen LogP contribution in [0.25, 0.3) is 0 Å². The lowest BCUT2D eigenvalue weighted by atomic mass is 9.64. The molecule has 6 nitrogen and oxygen atoms in total. The second-order valence-corrected chi connectivity index (χ2v) is 5.82. The highest BCUT2D eigenvalue weighted by molar-refractivity contribution is 6.47. The Hall–Kier alpha value is -2.02. The number of hydrogen-bond acceptors (Lipinski definition) is 6. The predicted octanol–water partition coefficient (Wildman–Crippen LogP) is 2.42. The molecule has 24 heavy (non-hydrogen) atoms. The summed E-state index contributed by atoms with van der Waals surface area (Å²) in [5.41, 5.74) is 0.938. The van der Waals surface area contributed by atoms with Crippen LogP contribution in [0.2, 0.25) is 5.82 Å². The summed E-state index contributed by atoms with van der Waals surface area (Å²) in [6.07, 6.45) is 1.99. The van der Waals surface area contributed by atoms with Gasteiger partial charge in [-0.2, -0.15) is 0 Å². The summed E-state index contributed by atoms with van der Waals surface area (Å²) in [5, 5.41) is 10.3. The zero-order valence-electron chi connectivity index (χ0n) is 14.3. The van der Waals surface area contributed by atoms with Crippen LogP contribution in [0.4, 0.5) is 0 Å². The van der Waals surface area contributed by atoms with Gasteiger partial charge in [0.25, 0.3) is 0 Å². The van der Waals surface area contributed by atoms with E-state index in [0.29, 0.717) is 18.6 Å². The van der Waals surface area contributed by atoms with Gasteiger partial charge in [0.05, 0.1) is 13.7 Å². The van der Waals surface area contributed by atoms with Crippen molar-refractivity contribution in [2.24, 2.45) is 0 Å². The first-order valence-corrected chi connectivity index (χ1v) is 8.25.